The summed E-state index contributed by atoms with van der Waals surface area (Å²) in [5, 5.41) is 11.0. The summed E-state index contributed by atoms with van der Waals surface area (Å²) in [6, 6.07) is 3.95. The van der Waals surface area contributed by atoms with Gasteiger partial charge in [0.15, 0.2) is 5.82 Å². The lowest BCUT2D eigenvalue weighted by Gasteiger charge is -2.13. The van der Waals surface area contributed by atoms with Gasteiger partial charge in [-0.2, -0.15) is 0 Å². The Labute approximate surface area is 119 Å². The Morgan fingerprint density at radius 3 is 2.86 bits per heavy atom. The number of anilines is 1. The number of hydrogen-bond acceptors (Lipinski definition) is 3. The summed E-state index contributed by atoms with van der Waals surface area (Å²) in [5.74, 6) is -1.79. The summed E-state index contributed by atoms with van der Waals surface area (Å²) in [4.78, 5) is 7.03. The normalized spacial score (nSPS) is 12.8. The molecule has 2 aromatic heterocycles. The average molecular weight is 289 g/mol. The van der Waals surface area contributed by atoms with Gasteiger partial charge in [0, 0.05) is 23.3 Å². The van der Waals surface area contributed by atoms with Gasteiger partial charge in [-0.1, -0.05) is 0 Å². The first-order chi connectivity index (χ1) is 9.99. The van der Waals surface area contributed by atoms with E-state index in [2.05, 4.69) is 9.97 Å². The average Bonchev–Trinajstić information content (AvgIpc) is 2.86. The van der Waals surface area contributed by atoms with Gasteiger partial charge < -0.3 is 15.8 Å². The molecule has 4 nitrogen and oxygen atoms in total. The van der Waals surface area contributed by atoms with Crippen LogP contribution < -0.4 is 5.73 Å². The molecule has 2 heterocycles. The van der Waals surface area contributed by atoms with E-state index in [4.69, 9.17) is 5.73 Å². The van der Waals surface area contributed by atoms with Crippen LogP contribution >= 0.6 is 0 Å². The number of halogens is 2. The lowest BCUT2D eigenvalue weighted by atomic mass is 9.99. The molecule has 0 aliphatic rings. The second-order valence-corrected chi connectivity index (χ2v) is 4.92. The first-order valence-corrected chi connectivity index (χ1v) is 6.34. The van der Waals surface area contributed by atoms with Crippen molar-refractivity contribution in [1.82, 2.24) is 9.97 Å². The van der Waals surface area contributed by atoms with Crippen molar-refractivity contribution >= 4 is 16.7 Å². The largest absolute Gasteiger partial charge is 0.396 e. The third-order valence-electron chi connectivity index (χ3n) is 3.42. The van der Waals surface area contributed by atoms with E-state index in [1.807, 2.05) is 6.92 Å². The smallest absolute Gasteiger partial charge is 0.155 e. The molecule has 1 aromatic carbocycles. The topological polar surface area (TPSA) is 74.9 Å². The van der Waals surface area contributed by atoms with Crippen molar-refractivity contribution in [2.24, 2.45) is 0 Å². The molecule has 0 bridgehead atoms. The summed E-state index contributed by atoms with van der Waals surface area (Å²) < 4.78 is 27.9. The molecule has 1 atom stereocenters. The Balaban J connectivity index is 2.19. The van der Waals surface area contributed by atoms with Crippen LogP contribution in [0.5, 0.6) is 0 Å². The van der Waals surface area contributed by atoms with E-state index >= 15 is 0 Å². The molecular formula is C15H13F2N3O. The van der Waals surface area contributed by atoms with Gasteiger partial charge >= 0.3 is 0 Å². The molecule has 4 N–H and O–H groups in total. The van der Waals surface area contributed by atoms with Crippen LogP contribution in [0.3, 0.4) is 0 Å². The second-order valence-electron chi connectivity index (χ2n) is 4.92. The van der Waals surface area contributed by atoms with Crippen molar-refractivity contribution < 1.29 is 13.9 Å². The van der Waals surface area contributed by atoms with Gasteiger partial charge in [-0.3, -0.25) is 0 Å². The number of pyridine rings is 1. The number of benzene rings is 1. The van der Waals surface area contributed by atoms with E-state index in [0.717, 1.165) is 17.7 Å². The number of fused-ring (bicyclic) bond motifs is 1. The van der Waals surface area contributed by atoms with Crippen molar-refractivity contribution in [2.45, 2.75) is 13.0 Å². The van der Waals surface area contributed by atoms with Crippen LogP contribution in [0.1, 0.15) is 22.8 Å². The summed E-state index contributed by atoms with van der Waals surface area (Å²) in [6.45, 7) is 1.84. The van der Waals surface area contributed by atoms with Crippen molar-refractivity contribution in [3.63, 3.8) is 0 Å². The Morgan fingerprint density at radius 2 is 2.10 bits per heavy atom. The number of aliphatic hydroxyl groups is 1. The van der Waals surface area contributed by atoms with E-state index in [0.29, 0.717) is 16.6 Å². The third-order valence-corrected chi connectivity index (χ3v) is 3.42. The molecule has 0 radical (unpaired) electrons. The fourth-order valence-corrected chi connectivity index (χ4v) is 2.35. The quantitative estimate of drug-likeness (QED) is 0.635. The molecule has 21 heavy (non-hydrogen) atoms. The van der Waals surface area contributed by atoms with E-state index in [9.17, 15) is 13.9 Å². The van der Waals surface area contributed by atoms with Crippen molar-refractivity contribution in [3.8, 4) is 0 Å². The van der Waals surface area contributed by atoms with Gasteiger partial charge in [-0.05, 0) is 30.7 Å². The van der Waals surface area contributed by atoms with Crippen LogP contribution in [-0.4, -0.2) is 15.1 Å². The highest BCUT2D eigenvalue weighted by Crippen LogP contribution is 2.33. The minimum Gasteiger partial charge on any atom is -0.396 e. The van der Waals surface area contributed by atoms with E-state index < -0.39 is 23.3 Å². The van der Waals surface area contributed by atoms with Crippen LogP contribution in [-0.2, 0) is 0 Å². The predicted octanol–water partition coefficient (Wildman–Crippen LogP) is 2.81. The van der Waals surface area contributed by atoms with E-state index in [1.165, 1.54) is 6.20 Å². The molecule has 0 aliphatic carbocycles. The van der Waals surface area contributed by atoms with Gasteiger partial charge in [0.25, 0.3) is 0 Å². The summed E-state index contributed by atoms with van der Waals surface area (Å²) in [6.07, 6.45) is 1.69. The minimum absolute atomic E-state index is 0.209. The molecule has 0 fully saturated rings. The molecule has 6 heteroatoms. The molecule has 0 spiro atoms. The molecule has 3 aromatic rings. The number of nitrogens with two attached hydrogens (primary N) is 1. The van der Waals surface area contributed by atoms with Crippen molar-refractivity contribution in [3.05, 3.63) is 58.9 Å². The SMILES string of the molecule is Cc1cnc2[nH]cc(C(O)c3c(F)ccc(N)c3F)c2c1. The van der Waals surface area contributed by atoms with Crippen LogP contribution in [0.4, 0.5) is 14.5 Å². The monoisotopic (exact) mass is 289 g/mol. The number of hydrogen-bond donors (Lipinski definition) is 3. The van der Waals surface area contributed by atoms with Crippen LogP contribution in [0.15, 0.2) is 30.6 Å². The number of H-pyrrole nitrogens is 1. The summed E-state index contributed by atoms with van der Waals surface area (Å²) in [5.41, 5.74) is 6.55. The maximum atomic E-state index is 14.0. The van der Waals surface area contributed by atoms with Gasteiger partial charge in [-0.25, -0.2) is 13.8 Å². The Morgan fingerprint density at radius 1 is 1.33 bits per heavy atom. The molecule has 0 saturated carbocycles. The van der Waals surface area contributed by atoms with E-state index in [-0.39, 0.29) is 5.69 Å². The van der Waals surface area contributed by atoms with Crippen molar-refractivity contribution in [1.29, 1.82) is 0 Å². The first-order valence-electron chi connectivity index (χ1n) is 6.34. The number of aromatic amines is 1. The molecular weight excluding hydrogens is 276 g/mol. The zero-order valence-electron chi connectivity index (χ0n) is 11.2. The lowest BCUT2D eigenvalue weighted by Crippen LogP contribution is -2.07. The molecule has 1 unspecified atom stereocenters. The number of nitrogen functional groups attached to an aromatic ring is 1. The van der Waals surface area contributed by atoms with Gasteiger partial charge in [0.2, 0.25) is 0 Å². The minimum atomic E-state index is -1.47. The Bertz CT molecular complexity index is 829. The predicted molar refractivity (Wildman–Crippen MR) is 75.7 cm³/mol. The standard InChI is InChI=1S/C15H13F2N3O/c1-7-4-8-9(6-20-15(8)19-5-7)14(21)12-10(16)2-3-11(18)13(12)17/h2-6,14,21H,18H2,1H3,(H,19,20). The third kappa shape index (κ3) is 2.13. The highest BCUT2D eigenvalue weighted by molar-refractivity contribution is 5.81. The molecule has 0 saturated heterocycles. The summed E-state index contributed by atoms with van der Waals surface area (Å²) >= 11 is 0. The highest BCUT2D eigenvalue weighted by Gasteiger charge is 2.24. The Kier molecular flexibility index (Phi) is 3.10. The zero-order valence-corrected chi connectivity index (χ0v) is 11.2. The van der Waals surface area contributed by atoms with Gasteiger partial charge in [0.05, 0.1) is 11.3 Å². The Hall–Kier alpha value is -2.47. The number of nitrogens with zero attached hydrogens (tertiary/aromatic N) is 1. The fraction of sp³-hybridized carbons (Fsp3) is 0.133. The number of aryl methyl sites for hydroxylation is 1. The molecule has 0 aliphatic heterocycles. The van der Waals surface area contributed by atoms with Gasteiger partial charge in [0.1, 0.15) is 17.6 Å². The number of aliphatic hydroxyl groups excluding tert-OH is 1. The molecule has 108 valence electrons. The number of rotatable bonds is 2. The van der Waals surface area contributed by atoms with E-state index in [1.54, 1.807) is 12.3 Å². The lowest BCUT2D eigenvalue weighted by molar-refractivity contribution is 0.211. The molecule has 3 rings (SSSR count). The highest BCUT2D eigenvalue weighted by atomic mass is 19.1. The van der Waals surface area contributed by atoms with Gasteiger partial charge in [-0.15, -0.1) is 0 Å². The first kappa shape index (κ1) is 13.5. The summed E-state index contributed by atoms with van der Waals surface area (Å²) in [7, 11) is 0. The maximum Gasteiger partial charge on any atom is 0.155 e. The van der Waals surface area contributed by atoms with Crippen LogP contribution in [0.25, 0.3) is 11.0 Å². The van der Waals surface area contributed by atoms with Crippen molar-refractivity contribution in [2.75, 3.05) is 5.73 Å². The number of aromatic nitrogens is 2. The zero-order chi connectivity index (χ0) is 15.1. The second kappa shape index (κ2) is 4.82. The van der Waals surface area contributed by atoms with Crippen LogP contribution in [0.2, 0.25) is 0 Å². The molecule has 0 amide bonds. The maximum absolute atomic E-state index is 14.0. The number of nitrogens with one attached hydrogen (secondary N) is 1. The fourth-order valence-electron chi connectivity index (χ4n) is 2.35. The van der Waals surface area contributed by atoms with Crippen LogP contribution in [0, 0.1) is 18.6 Å².